The third kappa shape index (κ3) is 9.14. The lowest BCUT2D eigenvalue weighted by molar-refractivity contribution is -0.137. The number of unbranched alkanes of at least 4 members (excludes halogenated alkanes) is 5. The lowest BCUT2D eigenvalue weighted by Gasteiger charge is -2.18. The van der Waals surface area contributed by atoms with E-state index in [-0.39, 0.29) is 24.0 Å². The highest BCUT2D eigenvalue weighted by Gasteiger charge is 2.26. The molecule has 2 heterocycles. The molecule has 9 heteroatoms. The molecule has 1 aromatic carbocycles. The Morgan fingerprint density at radius 1 is 0.976 bits per heavy atom. The first-order valence-corrected chi connectivity index (χ1v) is 15.2. The molecular weight excluding hydrogens is 532 g/mol. The quantitative estimate of drug-likeness (QED) is 0.136. The van der Waals surface area contributed by atoms with E-state index in [2.05, 4.69) is 34.4 Å². The van der Waals surface area contributed by atoms with Crippen molar-refractivity contribution in [1.82, 2.24) is 15.2 Å². The normalized spacial score (nSPS) is 13.5. The first kappa shape index (κ1) is 32.8. The molecule has 228 valence electrons. The highest BCUT2D eigenvalue weighted by molar-refractivity contribution is 6.35. The molecule has 0 saturated carbocycles. The largest absolute Gasteiger partial charge is 0.481 e. The fourth-order valence-corrected chi connectivity index (χ4v) is 5.47. The number of rotatable bonds is 18. The van der Waals surface area contributed by atoms with Crippen molar-refractivity contribution in [2.75, 3.05) is 31.5 Å². The number of amides is 2. The number of ketones is 1. The summed E-state index contributed by atoms with van der Waals surface area (Å²) in [6.07, 6.45) is 8.22. The molecule has 0 aliphatic carbocycles. The minimum Gasteiger partial charge on any atom is -0.481 e. The zero-order valence-corrected chi connectivity index (χ0v) is 25.5. The standard InChI is InChI=1S/C33H46N4O5/c1-5-37(6-2)18-17-34-33(42)31-22(3)29(35-23(31)4)21-27-26-20-24(15-16-28(26)36-32(27)41)19-25(38)13-11-9-7-8-10-12-14-30(39)40/h15-16,20-21,35H,5-14,17-19H2,1-4H3,(H,34,42)(H,36,41)(H,39,40)/b27-21-. The number of H-pyrrole nitrogens is 1. The van der Waals surface area contributed by atoms with E-state index in [1.165, 1.54) is 0 Å². The summed E-state index contributed by atoms with van der Waals surface area (Å²) in [4.78, 5) is 54.6. The summed E-state index contributed by atoms with van der Waals surface area (Å²) in [5, 5.41) is 14.6. The number of Topliss-reactive ketones (excluding diaryl/α,β-unsaturated/α-hetero) is 1. The number of likely N-dealkylation sites (N-methyl/N-ethyl adjacent to an activating group) is 1. The Morgan fingerprint density at radius 2 is 1.64 bits per heavy atom. The molecule has 0 bridgehead atoms. The van der Waals surface area contributed by atoms with Crippen LogP contribution in [0.3, 0.4) is 0 Å². The van der Waals surface area contributed by atoms with Crippen LogP contribution in [0.15, 0.2) is 18.2 Å². The second-order valence-corrected chi connectivity index (χ2v) is 11.1. The topological polar surface area (TPSA) is 132 Å². The number of aliphatic carboxylic acids is 1. The number of carboxylic acid groups (broad SMARTS) is 1. The average Bonchev–Trinajstić information content (AvgIpc) is 3.41. The molecule has 1 aromatic heterocycles. The van der Waals surface area contributed by atoms with Crippen molar-refractivity contribution in [3.8, 4) is 0 Å². The van der Waals surface area contributed by atoms with E-state index in [0.29, 0.717) is 48.3 Å². The Bertz CT molecular complexity index is 1310. The Kier molecular flexibility index (Phi) is 12.5. The van der Waals surface area contributed by atoms with Crippen molar-refractivity contribution < 1.29 is 24.3 Å². The number of aryl methyl sites for hydroxylation is 1. The summed E-state index contributed by atoms with van der Waals surface area (Å²) in [5.41, 5.74) is 5.67. The molecule has 0 unspecified atom stereocenters. The lowest BCUT2D eigenvalue weighted by Crippen LogP contribution is -2.35. The van der Waals surface area contributed by atoms with Crippen molar-refractivity contribution >= 4 is 40.9 Å². The van der Waals surface area contributed by atoms with Crippen LogP contribution in [-0.4, -0.2) is 64.7 Å². The highest BCUT2D eigenvalue weighted by Crippen LogP contribution is 2.35. The van der Waals surface area contributed by atoms with Gasteiger partial charge in [0.05, 0.1) is 11.1 Å². The molecule has 0 fully saturated rings. The van der Waals surface area contributed by atoms with Gasteiger partial charge >= 0.3 is 5.97 Å². The van der Waals surface area contributed by atoms with Crippen LogP contribution in [0.1, 0.15) is 104 Å². The van der Waals surface area contributed by atoms with Crippen molar-refractivity contribution in [3.63, 3.8) is 0 Å². The predicted molar refractivity (Wildman–Crippen MR) is 167 cm³/mol. The van der Waals surface area contributed by atoms with Crippen LogP contribution in [0, 0.1) is 13.8 Å². The molecule has 9 nitrogen and oxygen atoms in total. The fraction of sp³-hybridized carbons (Fsp3) is 0.515. The smallest absolute Gasteiger partial charge is 0.303 e. The van der Waals surface area contributed by atoms with Crippen molar-refractivity contribution in [2.45, 2.75) is 85.5 Å². The summed E-state index contributed by atoms with van der Waals surface area (Å²) in [5.74, 6) is -0.932. The summed E-state index contributed by atoms with van der Waals surface area (Å²) < 4.78 is 0. The number of anilines is 1. The van der Waals surface area contributed by atoms with Crippen LogP contribution in [0.5, 0.6) is 0 Å². The molecule has 0 spiro atoms. The van der Waals surface area contributed by atoms with Crippen molar-refractivity contribution in [3.05, 3.63) is 51.8 Å². The van der Waals surface area contributed by atoms with Gasteiger partial charge in [-0.05, 0) is 69.1 Å². The Morgan fingerprint density at radius 3 is 2.31 bits per heavy atom. The molecule has 2 aromatic rings. The third-order valence-electron chi connectivity index (χ3n) is 7.96. The Hall–Kier alpha value is -3.72. The van der Waals surface area contributed by atoms with Crippen LogP contribution in [0.2, 0.25) is 0 Å². The van der Waals surface area contributed by atoms with Gasteiger partial charge in [0.25, 0.3) is 11.8 Å². The number of fused-ring (bicyclic) bond motifs is 1. The summed E-state index contributed by atoms with van der Waals surface area (Å²) >= 11 is 0. The van der Waals surface area contributed by atoms with Crippen LogP contribution in [0.4, 0.5) is 5.69 Å². The van der Waals surface area contributed by atoms with Gasteiger partial charge in [0.2, 0.25) is 0 Å². The van der Waals surface area contributed by atoms with Gasteiger partial charge in [-0.3, -0.25) is 19.2 Å². The van der Waals surface area contributed by atoms with Crippen LogP contribution in [-0.2, 0) is 20.8 Å². The second kappa shape index (κ2) is 16.1. The van der Waals surface area contributed by atoms with E-state index >= 15 is 0 Å². The van der Waals surface area contributed by atoms with E-state index < -0.39 is 5.97 Å². The second-order valence-electron chi connectivity index (χ2n) is 11.1. The first-order valence-electron chi connectivity index (χ1n) is 15.2. The number of aromatic nitrogens is 1. The highest BCUT2D eigenvalue weighted by atomic mass is 16.4. The van der Waals surface area contributed by atoms with E-state index in [4.69, 9.17) is 5.11 Å². The molecule has 4 N–H and O–H groups in total. The molecule has 3 rings (SSSR count). The van der Waals surface area contributed by atoms with Crippen molar-refractivity contribution in [2.24, 2.45) is 0 Å². The number of aromatic amines is 1. The number of hydrogen-bond donors (Lipinski definition) is 4. The van der Waals surface area contributed by atoms with E-state index in [9.17, 15) is 19.2 Å². The fourth-order valence-electron chi connectivity index (χ4n) is 5.47. The maximum atomic E-state index is 13.0. The number of hydrogen-bond acceptors (Lipinski definition) is 5. The number of carbonyl (C=O) groups excluding carboxylic acids is 3. The first-order chi connectivity index (χ1) is 20.1. The van der Waals surface area contributed by atoms with Gasteiger partial charge in [0, 0.05) is 55.0 Å². The minimum atomic E-state index is -0.750. The van der Waals surface area contributed by atoms with Gasteiger partial charge < -0.3 is 25.6 Å². The van der Waals surface area contributed by atoms with E-state index in [0.717, 1.165) is 74.1 Å². The Labute approximate surface area is 249 Å². The zero-order chi connectivity index (χ0) is 30.6. The molecule has 2 amide bonds. The molecular formula is C33H46N4O5. The van der Waals surface area contributed by atoms with Gasteiger partial charge in [0.15, 0.2) is 0 Å². The van der Waals surface area contributed by atoms with Gasteiger partial charge in [-0.1, -0.05) is 45.6 Å². The van der Waals surface area contributed by atoms with Crippen LogP contribution < -0.4 is 10.6 Å². The summed E-state index contributed by atoms with van der Waals surface area (Å²) in [7, 11) is 0. The lowest BCUT2D eigenvalue weighted by atomic mass is 9.98. The van der Waals surface area contributed by atoms with Crippen LogP contribution in [0.25, 0.3) is 11.6 Å². The number of nitrogens with zero attached hydrogens (tertiary/aromatic N) is 1. The number of carbonyl (C=O) groups is 4. The zero-order valence-electron chi connectivity index (χ0n) is 25.5. The van der Waals surface area contributed by atoms with E-state index in [1.54, 1.807) is 6.08 Å². The number of carboxylic acids is 1. The number of nitrogens with one attached hydrogen (secondary N) is 3. The molecule has 0 radical (unpaired) electrons. The molecule has 42 heavy (non-hydrogen) atoms. The number of benzene rings is 1. The van der Waals surface area contributed by atoms with Gasteiger partial charge in [-0.15, -0.1) is 0 Å². The third-order valence-corrected chi connectivity index (χ3v) is 7.96. The summed E-state index contributed by atoms with van der Waals surface area (Å²) in [6.45, 7) is 11.2. The molecule has 0 saturated heterocycles. The van der Waals surface area contributed by atoms with E-state index in [1.807, 2.05) is 32.0 Å². The molecule has 0 atom stereocenters. The predicted octanol–water partition coefficient (Wildman–Crippen LogP) is 5.51. The molecule has 1 aliphatic heterocycles. The Balaban J connectivity index is 1.61. The summed E-state index contributed by atoms with van der Waals surface area (Å²) in [6, 6.07) is 5.63. The minimum absolute atomic E-state index is 0.131. The van der Waals surface area contributed by atoms with Crippen molar-refractivity contribution in [1.29, 1.82) is 0 Å². The van der Waals surface area contributed by atoms with Crippen LogP contribution >= 0.6 is 0 Å². The average molecular weight is 579 g/mol. The van der Waals surface area contributed by atoms with Gasteiger partial charge in [-0.25, -0.2) is 0 Å². The van der Waals surface area contributed by atoms with Gasteiger partial charge in [-0.2, -0.15) is 0 Å². The van der Waals surface area contributed by atoms with Gasteiger partial charge in [0.1, 0.15) is 5.78 Å². The molecule has 1 aliphatic rings. The monoisotopic (exact) mass is 578 g/mol. The maximum Gasteiger partial charge on any atom is 0.303 e. The SMILES string of the molecule is CCN(CC)CCNC(=O)c1c(C)[nH]c(/C=C2\C(=O)Nc3ccc(CC(=O)CCCCCCCCC(=O)O)cc32)c1C. The maximum absolute atomic E-state index is 13.0.